The van der Waals surface area contributed by atoms with Crippen LogP contribution in [0.3, 0.4) is 0 Å². The molecule has 0 radical (unpaired) electrons. The van der Waals surface area contributed by atoms with Crippen LogP contribution in [0.1, 0.15) is 18.3 Å². The number of nitrogens with one attached hydrogen (secondary N) is 1. The number of hydrogen-bond donors (Lipinski definition) is 1. The summed E-state index contributed by atoms with van der Waals surface area (Å²) in [7, 11) is 0. The van der Waals surface area contributed by atoms with E-state index in [2.05, 4.69) is 27.1 Å². The number of hydrazone groups is 1. The summed E-state index contributed by atoms with van der Waals surface area (Å²) in [6.45, 7) is 5.64. The number of benzene rings is 1. The highest BCUT2D eigenvalue weighted by atomic mass is 32.1. The molecule has 0 aliphatic rings. The second-order valence-electron chi connectivity index (χ2n) is 4.45. The molecule has 0 unspecified atom stereocenters. The average Bonchev–Trinajstić information content (AvgIpc) is 2.95. The molecule has 0 saturated carbocycles. The van der Waals surface area contributed by atoms with Crippen LogP contribution in [0, 0.1) is 0 Å². The Morgan fingerprint density at radius 3 is 2.86 bits per heavy atom. The normalized spacial score (nSPS) is 11.6. The first-order valence-electron chi connectivity index (χ1n) is 6.52. The van der Waals surface area contributed by atoms with E-state index in [0.717, 1.165) is 32.4 Å². The molecule has 0 bridgehead atoms. The Labute approximate surface area is 126 Å². The van der Waals surface area contributed by atoms with Crippen molar-refractivity contribution in [2.45, 2.75) is 6.92 Å². The van der Waals surface area contributed by atoms with Crippen molar-refractivity contribution < 1.29 is 0 Å². The van der Waals surface area contributed by atoms with Crippen LogP contribution in [0.5, 0.6) is 0 Å². The van der Waals surface area contributed by atoms with Crippen molar-refractivity contribution in [1.29, 1.82) is 0 Å². The van der Waals surface area contributed by atoms with E-state index in [-0.39, 0.29) is 0 Å². The van der Waals surface area contributed by atoms with Crippen molar-refractivity contribution >= 4 is 38.5 Å². The van der Waals surface area contributed by atoms with E-state index in [9.17, 15) is 0 Å². The summed E-state index contributed by atoms with van der Waals surface area (Å²) >= 11 is 1.58. The Bertz CT molecular complexity index is 787. The van der Waals surface area contributed by atoms with E-state index in [1.807, 2.05) is 49.4 Å². The summed E-state index contributed by atoms with van der Waals surface area (Å²) in [6, 6.07) is 13.8. The van der Waals surface area contributed by atoms with Crippen LogP contribution in [0.2, 0.25) is 0 Å². The van der Waals surface area contributed by atoms with Crippen molar-refractivity contribution in [2.24, 2.45) is 5.10 Å². The third-order valence-electron chi connectivity index (χ3n) is 2.96. The fraction of sp³-hybridized carbons (Fsp3) is 0.0625. The minimum absolute atomic E-state index is 0.774. The molecule has 2 aromatic heterocycles. The first kappa shape index (κ1) is 13.5. The second-order valence-corrected chi connectivity index (χ2v) is 5.48. The van der Waals surface area contributed by atoms with Crippen LogP contribution in [-0.4, -0.2) is 15.7 Å². The first-order valence-corrected chi connectivity index (χ1v) is 7.33. The van der Waals surface area contributed by atoms with Crippen molar-refractivity contribution in [2.75, 3.05) is 5.43 Å². The lowest BCUT2D eigenvalue weighted by Gasteiger charge is -2.01. The number of aromatic nitrogens is 2. The summed E-state index contributed by atoms with van der Waals surface area (Å²) in [5, 5.41) is 5.13. The SMILES string of the molecule is C=Cc1cccc(/C(C)=N/Nc2nc3ccccc3s2)n1. The monoisotopic (exact) mass is 294 g/mol. The highest BCUT2D eigenvalue weighted by molar-refractivity contribution is 7.22. The predicted octanol–water partition coefficient (Wildman–Crippen LogP) is 4.17. The fourth-order valence-electron chi connectivity index (χ4n) is 1.88. The highest BCUT2D eigenvalue weighted by Gasteiger charge is 2.03. The van der Waals surface area contributed by atoms with E-state index >= 15 is 0 Å². The molecular weight excluding hydrogens is 280 g/mol. The van der Waals surface area contributed by atoms with E-state index in [0.29, 0.717) is 0 Å². The molecule has 0 spiro atoms. The van der Waals surface area contributed by atoms with E-state index in [1.165, 1.54) is 0 Å². The molecule has 21 heavy (non-hydrogen) atoms. The molecule has 104 valence electrons. The average molecular weight is 294 g/mol. The second kappa shape index (κ2) is 5.85. The third kappa shape index (κ3) is 2.98. The van der Waals surface area contributed by atoms with Crippen LogP contribution in [-0.2, 0) is 0 Å². The number of pyridine rings is 1. The van der Waals surface area contributed by atoms with Gasteiger partial charge in [-0.1, -0.05) is 36.1 Å². The zero-order valence-corrected chi connectivity index (χ0v) is 12.4. The van der Waals surface area contributed by atoms with Crippen molar-refractivity contribution in [3.8, 4) is 0 Å². The molecule has 5 heteroatoms. The predicted molar refractivity (Wildman–Crippen MR) is 89.8 cm³/mol. The van der Waals surface area contributed by atoms with Crippen LogP contribution in [0.4, 0.5) is 5.13 Å². The number of para-hydroxylation sites is 1. The van der Waals surface area contributed by atoms with Crippen LogP contribution >= 0.6 is 11.3 Å². The molecule has 0 aliphatic heterocycles. The van der Waals surface area contributed by atoms with Gasteiger partial charge in [0.15, 0.2) is 0 Å². The summed E-state index contributed by atoms with van der Waals surface area (Å²) in [6.07, 6.45) is 1.72. The molecule has 0 amide bonds. The van der Waals surface area contributed by atoms with Crippen molar-refractivity contribution in [3.05, 3.63) is 60.4 Å². The van der Waals surface area contributed by atoms with Gasteiger partial charge < -0.3 is 0 Å². The zero-order chi connectivity index (χ0) is 14.7. The summed E-state index contributed by atoms with van der Waals surface area (Å²) in [5.74, 6) is 0. The lowest BCUT2D eigenvalue weighted by Crippen LogP contribution is -2.02. The van der Waals surface area contributed by atoms with Gasteiger partial charge in [-0.15, -0.1) is 0 Å². The Kier molecular flexibility index (Phi) is 3.75. The Morgan fingerprint density at radius 1 is 1.19 bits per heavy atom. The summed E-state index contributed by atoms with van der Waals surface area (Å²) in [4.78, 5) is 8.92. The minimum atomic E-state index is 0.774. The fourth-order valence-corrected chi connectivity index (χ4v) is 2.68. The third-order valence-corrected chi connectivity index (χ3v) is 3.90. The Morgan fingerprint density at radius 2 is 2.05 bits per heavy atom. The number of rotatable bonds is 4. The Hall–Kier alpha value is -2.53. The molecule has 3 rings (SSSR count). The van der Waals surface area contributed by atoms with E-state index < -0.39 is 0 Å². The maximum atomic E-state index is 4.48. The van der Waals surface area contributed by atoms with Gasteiger partial charge in [0.2, 0.25) is 5.13 Å². The van der Waals surface area contributed by atoms with Crippen LogP contribution in [0.15, 0.2) is 54.1 Å². The van der Waals surface area contributed by atoms with Gasteiger partial charge in [-0.05, 0) is 37.3 Å². The van der Waals surface area contributed by atoms with Gasteiger partial charge in [0.05, 0.1) is 27.3 Å². The van der Waals surface area contributed by atoms with E-state index in [4.69, 9.17) is 0 Å². The molecule has 0 atom stereocenters. The molecule has 0 aliphatic carbocycles. The molecule has 4 nitrogen and oxygen atoms in total. The van der Waals surface area contributed by atoms with Crippen LogP contribution in [0.25, 0.3) is 16.3 Å². The standard InChI is InChI=1S/C16H14N4S/c1-3-12-7-6-9-13(17-12)11(2)19-20-16-18-14-8-4-5-10-15(14)21-16/h3-10H,1H2,2H3,(H,18,20)/b19-11+. The van der Waals surface area contributed by atoms with Gasteiger partial charge in [-0.2, -0.15) is 5.10 Å². The van der Waals surface area contributed by atoms with Crippen molar-refractivity contribution in [3.63, 3.8) is 0 Å². The molecular formula is C16H14N4S. The highest BCUT2D eigenvalue weighted by Crippen LogP contribution is 2.25. The first-order chi connectivity index (χ1) is 10.3. The van der Waals surface area contributed by atoms with Gasteiger partial charge in [0.25, 0.3) is 0 Å². The smallest absolute Gasteiger partial charge is 0.204 e. The van der Waals surface area contributed by atoms with Gasteiger partial charge in [0.1, 0.15) is 0 Å². The number of nitrogens with zero attached hydrogens (tertiary/aromatic N) is 3. The largest absolute Gasteiger partial charge is 0.252 e. The van der Waals surface area contributed by atoms with Crippen molar-refractivity contribution in [1.82, 2.24) is 9.97 Å². The molecule has 2 heterocycles. The maximum absolute atomic E-state index is 4.48. The van der Waals surface area contributed by atoms with Crippen LogP contribution < -0.4 is 5.43 Å². The minimum Gasteiger partial charge on any atom is -0.252 e. The van der Waals surface area contributed by atoms with Gasteiger partial charge in [-0.25, -0.2) is 9.97 Å². The number of anilines is 1. The summed E-state index contributed by atoms with van der Waals surface area (Å²) in [5.41, 5.74) is 6.44. The van der Waals surface area contributed by atoms with Gasteiger partial charge in [-0.3, -0.25) is 5.43 Å². The Balaban J connectivity index is 1.82. The zero-order valence-electron chi connectivity index (χ0n) is 11.6. The quantitative estimate of drug-likeness (QED) is 0.580. The number of thiazole rings is 1. The summed E-state index contributed by atoms with van der Waals surface area (Å²) < 4.78 is 1.14. The number of hydrogen-bond acceptors (Lipinski definition) is 5. The molecule has 1 N–H and O–H groups in total. The maximum Gasteiger partial charge on any atom is 0.204 e. The van der Waals surface area contributed by atoms with Gasteiger partial charge >= 0.3 is 0 Å². The molecule has 3 aromatic rings. The lowest BCUT2D eigenvalue weighted by atomic mass is 10.2. The molecule has 1 aromatic carbocycles. The topological polar surface area (TPSA) is 50.2 Å². The molecule has 0 fully saturated rings. The van der Waals surface area contributed by atoms with E-state index in [1.54, 1.807) is 17.4 Å². The number of fused-ring (bicyclic) bond motifs is 1. The molecule has 0 saturated heterocycles. The lowest BCUT2D eigenvalue weighted by molar-refractivity contribution is 1.22. The van der Waals surface area contributed by atoms with Gasteiger partial charge in [0, 0.05) is 0 Å².